The third-order valence-corrected chi connectivity index (χ3v) is 4.44. The van der Waals surface area contributed by atoms with E-state index in [1.165, 1.54) is 0 Å². The molecule has 2 heterocycles. The molecule has 1 aliphatic heterocycles. The zero-order chi connectivity index (χ0) is 16.8. The number of nitrogens with one attached hydrogen (secondary N) is 1. The van der Waals surface area contributed by atoms with E-state index in [4.69, 9.17) is 23.2 Å². The Kier molecular flexibility index (Phi) is 6.66. The number of amides is 2. The molecule has 1 N–H and O–H groups in total. The molecular formula is C16H21Cl2N3O2. The molecule has 1 atom stereocenters. The van der Waals surface area contributed by atoms with Gasteiger partial charge in [0.1, 0.15) is 10.8 Å². The van der Waals surface area contributed by atoms with Crippen LogP contribution in [0.2, 0.25) is 10.2 Å². The summed E-state index contributed by atoms with van der Waals surface area (Å²) in [4.78, 5) is 30.4. The topological polar surface area (TPSA) is 62.3 Å². The molecular weight excluding hydrogens is 337 g/mol. The zero-order valence-electron chi connectivity index (χ0n) is 13.1. The van der Waals surface area contributed by atoms with Crippen LogP contribution in [0.1, 0.15) is 43.1 Å². The van der Waals surface area contributed by atoms with Crippen LogP contribution < -0.4 is 5.32 Å². The Labute approximate surface area is 146 Å². The van der Waals surface area contributed by atoms with Gasteiger partial charge in [0, 0.05) is 19.6 Å². The fourth-order valence-corrected chi connectivity index (χ4v) is 2.96. The smallest absolute Gasteiger partial charge is 0.274 e. The molecule has 0 aliphatic carbocycles. The number of pyridine rings is 1. The molecule has 7 heteroatoms. The van der Waals surface area contributed by atoms with E-state index in [1.54, 1.807) is 17.0 Å². The molecule has 2 amide bonds. The molecule has 0 aromatic carbocycles. The van der Waals surface area contributed by atoms with Crippen LogP contribution in [0.3, 0.4) is 0 Å². The van der Waals surface area contributed by atoms with Crippen LogP contribution in [0.5, 0.6) is 0 Å². The summed E-state index contributed by atoms with van der Waals surface area (Å²) in [6, 6.07) is 3.10. The van der Waals surface area contributed by atoms with Crippen molar-refractivity contribution in [1.29, 1.82) is 0 Å². The van der Waals surface area contributed by atoms with Crippen LogP contribution >= 0.6 is 23.2 Å². The summed E-state index contributed by atoms with van der Waals surface area (Å²) in [5.74, 6) is -0.438. The minimum atomic E-state index is -0.274. The third kappa shape index (κ3) is 4.82. The highest BCUT2D eigenvalue weighted by Crippen LogP contribution is 2.22. The Bertz CT molecular complexity index is 580. The van der Waals surface area contributed by atoms with E-state index in [-0.39, 0.29) is 33.6 Å². The van der Waals surface area contributed by atoms with Gasteiger partial charge < -0.3 is 10.2 Å². The van der Waals surface area contributed by atoms with Crippen molar-refractivity contribution in [3.05, 3.63) is 28.0 Å². The van der Waals surface area contributed by atoms with Crippen LogP contribution in [-0.4, -0.2) is 41.3 Å². The lowest BCUT2D eigenvalue weighted by Gasteiger charge is -2.32. The second kappa shape index (κ2) is 8.50. The summed E-state index contributed by atoms with van der Waals surface area (Å²) in [6.45, 7) is 3.75. The first-order valence-corrected chi connectivity index (χ1v) is 8.67. The number of piperidine rings is 1. The molecule has 1 aromatic heterocycles. The second-order valence-electron chi connectivity index (χ2n) is 5.70. The molecule has 2 rings (SSSR count). The number of carbonyl (C=O) groups is 2. The van der Waals surface area contributed by atoms with Crippen molar-refractivity contribution in [2.75, 3.05) is 19.6 Å². The van der Waals surface area contributed by atoms with Gasteiger partial charge >= 0.3 is 0 Å². The average molecular weight is 358 g/mol. The van der Waals surface area contributed by atoms with Crippen molar-refractivity contribution >= 4 is 35.0 Å². The summed E-state index contributed by atoms with van der Waals surface area (Å²) in [5.41, 5.74) is 0.145. The number of likely N-dealkylation sites (tertiary alicyclic amines) is 1. The fraction of sp³-hybridized carbons (Fsp3) is 0.562. The summed E-state index contributed by atoms with van der Waals surface area (Å²) in [7, 11) is 0. The zero-order valence-corrected chi connectivity index (χ0v) is 14.7. The first-order chi connectivity index (χ1) is 11.0. The number of unbranched alkanes of at least 4 members (excludes halogenated alkanes) is 1. The lowest BCUT2D eigenvalue weighted by atomic mass is 9.96. The van der Waals surface area contributed by atoms with Crippen molar-refractivity contribution in [2.45, 2.75) is 32.6 Å². The van der Waals surface area contributed by atoms with Crippen LogP contribution in [0, 0.1) is 5.92 Å². The summed E-state index contributed by atoms with van der Waals surface area (Å²) in [6.07, 6.45) is 3.58. The number of hydrogen-bond acceptors (Lipinski definition) is 3. The van der Waals surface area contributed by atoms with Gasteiger partial charge in [0.05, 0.1) is 10.9 Å². The molecule has 5 nitrogen and oxygen atoms in total. The third-order valence-electron chi connectivity index (χ3n) is 3.92. The van der Waals surface area contributed by atoms with Crippen LogP contribution in [0.4, 0.5) is 0 Å². The van der Waals surface area contributed by atoms with Crippen molar-refractivity contribution < 1.29 is 9.59 Å². The molecule has 1 saturated heterocycles. The first-order valence-electron chi connectivity index (χ1n) is 7.92. The van der Waals surface area contributed by atoms with Crippen LogP contribution in [0.25, 0.3) is 0 Å². The second-order valence-corrected chi connectivity index (χ2v) is 6.49. The van der Waals surface area contributed by atoms with E-state index in [0.29, 0.717) is 19.6 Å². The van der Waals surface area contributed by atoms with E-state index >= 15 is 0 Å². The van der Waals surface area contributed by atoms with Gasteiger partial charge in [0.2, 0.25) is 5.91 Å². The highest BCUT2D eigenvalue weighted by Gasteiger charge is 2.30. The van der Waals surface area contributed by atoms with E-state index in [9.17, 15) is 9.59 Å². The molecule has 1 aliphatic rings. The minimum Gasteiger partial charge on any atom is -0.356 e. The van der Waals surface area contributed by atoms with Crippen molar-refractivity contribution in [2.24, 2.45) is 5.92 Å². The predicted octanol–water partition coefficient (Wildman–Crippen LogP) is 3.16. The van der Waals surface area contributed by atoms with E-state index in [0.717, 1.165) is 25.7 Å². The maximum Gasteiger partial charge on any atom is 0.274 e. The number of rotatable bonds is 5. The van der Waals surface area contributed by atoms with Crippen molar-refractivity contribution in [1.82, 2.24) is 15.2 Å². The van der Waals surface area contributed by atoms with Gasteiger partial charge in [0.15, 0.2) is 0 Å². The van der Waals surface area contributed by atoms with Gasteiger partial charge in [-0.05, 0) is 31.4 Å². The highest BCUT2D eigenvalue weighted by atomic mass is 35.5. The lowest BCUT2D eigenvalue weighted by molar-refractivity contribution is -0.126. The maximum absolute atomic E-state index is 12.6. The van der Waals surface area contributed by atoms with Gasteiger partial charge in [0.25, 0.3) is 5.91 Å². The molecule has 1 aromatic rings. The first kappa shape index (κ1) is 18.0. The molecule has 0 saturated carbocycles. The number of halogens is 2. The van der Waals surface area contributed by atoms with Crippen molar-refractivity contribution in [3.8, 4) is 0 Å². The van der Waals surface area contributed by atoms with Gasteiger partial charge in [-0.1, -0.05) is 36.5 Å². The molecule has 126 valence electrons. The SMILES string of the molecule is CCCCNC(=O)C1CCCN(C(=O)c2nc(Cl)ccc2Cl)C1. The summed E-state index contributed by atoms with van der Waals surface area (Å²) >= 11 is 11.9. The molecule has 0 bridgehead atoms. The fourth-order valence-electron chi connectivity index (χ4n) is 2.63. The number of carbonyl (C=O) groups excluding carboxylic acids is 2. The number of aromatic nitrogens is 1. The van der Waals surface area contributed by atoms with E-state index in [1.807, 2.05) is 0 Å². The van der Waals surface area contributed by atoms with E-state index < -0.39 is 0 Å². The lowest BCUT2D eigenvalue weighted by Crippen LogP contribution is -2.45. The molecule has 0 spiro atoms. The Morgan fingerprint density at radius 1 is 1.39 bits per heavy atom. The Balaban J connectivity index is 2.01. The van der Waals surface area contributed by atoms with Crippen LogP contribution in [0.15, 0.2) is 12.1 Å². The quantitative estimate of drug-likeness (QED) is 0.650. The Hall–Kier alpha value is -1.33. The van der Waals surface area contributed by atoms with E-state index in [2.05, 4.69) is 17.2 Å². The number of nitrogens with zero attached hydrogens (tertiary/aromatic N) is 2. The molecule has 1 unspecified atom stereocenters. The molecule has 23 heavy (non-hydrogen) atoms. The average Bonchev–Trinajstić information content (AvgIpc) is 2.56. The maximum atomic E-state index is 12.6. The monoisotopic (exact) mass is 357 g/mol. The normalized spacial score (nSPS) is 17.9. The van der Waals surface area contributed by atoms with Crippen LogP contribution in [-0.2, 0) is 4.79 Å². The predicted molar refractivity (Wildman–Crippen MR) is 90.8 cm³/mol. The van der Waals surface area contributed by atoms with Gasteiger partial charge in [-0.2, -0.15) is 0 Å². The summed E-state index contributed by atoms with van der Waals surface area (Å²) < 4.78 is 0. The Morgan fingerprint density at radius 3 is 2.91 bits per heavy atom. The summed E-state index contributed by atoms with van der Waals surface area (Å²) in [5, 5.41) is 3.43. The van der Waals surface area contributed by atoms with Gasteiger partial charge in [-0.15, -0.1) is 0 Å². The van der Waals surface area contributed by atoms with Gasteiger partial charge in [-0.25, -0.2) is 4.98 Å². The molecule has 1 fully saturated rings. The largest absolute Gasteiger partial charge is 0.356 e. The number of hydrogen-bond donors (Lipinski definition) is 1. The highest BCUT2D eigenvalue weighted by molar-refractivity contribution is 6.34. The minimum absolute atomic E-state index is 0.0149. The Morgan fingerprint density at radius 2 is 2.17 bits per heavy atom. The molecule has 0 radical (unpaired) electrons. The van der Waals surface area contributed by atoms with Gasteiger partial charge in [-0.3, -0.25) is 9.59 Å². The van der Waals surface area contributed by atoms with Crippen molar-refractivity contribution in [3.63, 3.8) is 0 Å². The standard InChI is InChI=1S/C16H21Cl2N3O2/c1-2-3-8-19-15(22)11-5-4-9-21(10-11)16(23)14-12(17)6-7-13(18)20-14/h6-7,11H,2-5,8-10H2,1H3,(H,19,22).